The second-order valence-corrected chi connectivity index (χ2v) is 17.4. The molecule has 59 heavy (non-hydrogen) atoms. The van der Waals surface area contributed by atoms with Gasteiger partial charge in [0.1, 0.15) is 11.2 Å². The highest BCUT2D eigenvalue weighted by Gasteiger charge is 2.24. The topological polar surface area (TPSA) is 56.7 Å². The van der Waals surface area contributed by atoms with E-state index in [1.807, 2.05) is 11.3 Å². The van der Waals surface area contributed by atoms with Gasteiger partial charge in [-0.05, 0) is 91.2 Å². The van der Waals surface area contributed by atoms with Gasteiger partial charge in [0.05, 0.1) is 5.52 Å². The van der Waals surface area contributed by atoms with Crippen molar-refractivity contribution in [3.63, 3.8) is 0 Å². The molecule has 4 aromatic heterocycles. The first kappa shape index (κ1) is 33.9. The van der Waals surface area contributed by atoms with Gasteiger partial charge in [-0.3, -0.25) is 0 Å². The second kappa shape index (κ2) is 12.7. The molecule has 5 nitrogen and oxygen atoms in total. The third kappa shape index (κ3) is 5.26. The first-order chi connectivity index (χ1) is 28.9. The van der Waals surface area contributed by atoms with Crippen LogP contribution >= 0.6 is 11.3 Å². The normalized spacial score (nSPS) is 12.3. The summed E-state index contributed by atoms with van der Waals surface area (Å²) < 4.78 is 11.4. The van der Waals surface area contributed by atoms with Crippen LogP contribution < -0.4 is 0 Å². The minimum atomic E-state index is -0.150. The lowest BCUT2D eigenvalue weighted by Gasteiger charge is -2.24. The summed E-state index contributed by atoms with van der Waals surface area (Å²) in [6, 6.07) is 58.0. The number of aromatic nitrogens is 4. The average Bonchev–Trinajstić information content (AvgIpc) is 3.95. The number of hydrogen-bond acceptors (Lipinski definition) is 5. The molecule has 0 saturated carbocycles. The molecule has 12 aromatic rings. The van der Waals surface area contributed by atoms with Crippen LogP contribution in [-0.2, 0) is 5.54 Å². The Morgan fingerprint density at radius 1 is 0.441 bits per heavy atom. The summed E-state index contributed by atoms with van der Waals surface area (Å²) in [5.74, 6) is 1.86. The van der Waals surface area contributed by atoms with E-state index in [-0.39, 0.29) is 5.54 Å². The monoisotopic (exact) mass is 776 g/mol. The molecule has 0 amide bonds. The maximum absolute atomic E-state index is 6.50. The summed E-state index contributed by atoms with van der Waals surface area (Å²) in [6.45, 7) is 6.78. The molecule has 4 heterocycles. The maximum Gasteiger partial charge on any atom is 0.164 e. The van der Waals surface area contributed by atoms with Crippen LogP contribution in [-0.4, -0.2) is 19.5 Å². The van der Waals surface area contributed by atoms with E-state index in [1.165, 1.54) is 47.4 Å². The first-order valence-corrected chi connectivity index (χ1v) is 20.8. The van der Waals surface area contributed by atoms with Gasteiger partial charge in [0.2, 0.25) is 0 Å². The third-order valence-electron chi connectivity index (χ3n) is 11.7. The molecule has 0 unspecified atom stereocenters. The van der Waals surface area contributed by atoms with Crippen LogP contribution in [0, 0.1) is 0 Å². The Bertz CT molecular complexity index is 3650. The highest BCUT2D eigenvalue weighted by Crippen LogP contribution is 2.44. The summed E-state index contributed by atoms with van der Waals surface area (Å²) >= 11 is 1.82. The summed E-state index contributed by atoms with van der Waals surface area (Å²) in [5.41, 5.74) is 9.03. The Morgan fingerprint density at radius 2 is 1.07 bits per heavy atom. The Labute approximate surface area is 343 Å². The molecule has 12 rings (SSSR count). The lowest BCUT2D eigenvalue weighted by atomic mass is 9.97. The molecule has 0 fully saturated rings. The van der Waals surface area contributed by atoms with Crippen molar-refractivity contribution >= 4 is 86.0 Å². The molecule has 0 radical (unpaired) electrons. The standard InChI is InChI=1S/C53H36N4OS/c1-53(2,3)57-41-19-8-6-15-37(41)47-39(18-11-20-42(47)57)52-55-50(33-24-22-32(23-25-33)36-17-10-13-31-12-4-5-14-35(31)36)54-51(56-52)34-26-27-43-40(30-34)48-44(58-43)28-29-46-49(48)38-16-7-9-21-45(38)59-46/h4-30H,1-3H3. The van der Waals surface area contributed by atoms with Crippen molar-refractivity contribution in [3.8, 4) is 45.3 Å². The zero-order valence-electron chi connectivity index (χ0n) is 32.7. The van der Waals surface area contributed by atoms with E-state index in [1.54, 1.807) is 0 Å². The molecular weight excluding hydrogens is 741 g/mol. The van der Waals surface area contributed by atoms with Crippen LogP contribution in [0.15, 0.2) is 168 Å². The van der Waals surface area contributed by atoms with Gasteiger partial charge in [0, 0.05) is 69.5 Å². The number of fused-ring (bicyclic) bond motifs is 11. The second-order valence-electron chi connectivity index (χ2n) is 16.4. The molecule has 8 aromatic carbocycles. The minimum Gasteiger partial charge on any atom is -0.456 e. The summed E-state index contributed by atoms with van der Waals surface area (Å²) in [6.07, 6.45) is 0. The van der Waals surface area contributed by atoms with Crippen molar-refractivity contribution in [1.29, 1.82) is 0 Å². The number of thiophene rings is 1. The molecule has 0 spiro atoms. The molecule has 0 N–H and O–H groups in total. The molecule has 0 atom stereocenters. The fourth-order valence-electron chi connectivity index (χ4n) is 9.18. The first-order valence-electron chi connectivity index (χ1n) is 20.0. The number of nitrogens with zero attached hydrogens (tertiary/aromatic N) is 4. The Hall–Kier alpha value is -7.15. The van der Waals surface area contributed by atoms with Gasteiger partial charge < -0.3 is 8.98 Å². The number of hydrogen-bond donors (Lipinski definition) is 0. The van der Waals surface area contributed by atoms with E-state index < -0.39 is 0 Å². The van der Waals surface area contributed by atoms with Gasteiger partial charge in [-0.15, -0.1) is 11.3 Å². The molecule has 6 heteroatoms. The summed E-state index contributed by atoms with van der Waals surface area (Å²) in [7, 11) is 0. The highest BCUT2D eigenvalue weighted by molar-refractivity contribution is 7.26. The zero-order valence-corrected chi connectivity index (χ0v) is 33.5. The fourth-order valence-corrected chi connectivity index (χ4v) is 10.3. The van der Waals surface area contributed by atoms with Crippen molar-refractivity contribution in [2.24, 2.45) is 0 Å². The Morgan fingerprint density at radius 3 is 1.92 bits per heavy atom. The summed E-state index contributed by atoms with van der Waals surface area (Å²) in [5, 5.41) is 9.39. The number of furan rings is 1. The predicted molar refractivity (Wildman–Crippen MR) is 247 cm³/mol. The third-order valence-corrected chi connectivity index (χ3v) is 12.9. The van der Waals surface area contributed by atoms with Crippen LogP contribution in [0.1, 0.15) is 20.8 Å². The largest absolute Gasteiger partial charge is 0.456 e. The van der Waals surface area contributed by atoms with Crippen molar-refractivity contribution in [2.75, 3.05) is 0 Å². The smallest absolute Gasteiger partial charge is 0.164 e. The van der Waals surface area contributed by atoms with Gasteiger partial charge in [-0.25, -0.2) is 15.0 Å². The predicted octanol–water partition coefficient (Wildman–Crippen LogP) is 14.8. The van der Waals surface area contributed by atoms with Gasteiger partial charge in [0.15, 0.2) is 17.5 Å². The van der Waals surface area contributed by atoms with Gasteiger partial charge in [0.25, 0.3) is 0 Å². The van der Waals surface area contributed by atoms with Crippen molar-refractivity contribution < 1.29 is 4.42 Å². The van der Waals surface area contributed by atoms with Gasteiger partial charge in [-0.2, -0.15) is 0 Å². The average molecular weight is 777 g/mol. The van der Waals surface area contributed by atoms with E-state index >= 15 is 0 Å². The van der Waals surface area contributed by atoms with Gasteiger partial charge >= 0.3 is 0 Å². The van der Waals surface area contributed by atoms with Crippen molar-refractivity contribution in [2.45, 2.75) is 26.3 Å². The Kier molecular flexibility index (Phi) is 7.29. The van der Waals surface area contributed by atoms with E-state index in [4.69, 9.17) is 19.4 Å². The van der Waals surface area contributed by atoms with Gasteiger partial charge in [-0.1, -0.05) is 115 Å². The van der Waals surface area contributed by atoms with Crippen molar-refractivity contribution in [1.82, 2.24) is 19.5 Å². The fraction of sp³-hybridized carbons (Fsp3) is 0.0755. The molecule has 0 aliphatic rings. The maximum atomic E-state index is 6.50. The summed E-state index contributed by atoms with van der Waals surface area (Å²) in [4.78, 5) is 15.9. The molecule has 280 valence electrons. The lowest BCUT2D eigenvalue weighted by molar-refractivity contribution is 0.423. The number of rotatable bonds is 4. The van der Waals surface area contributed by atoms with E-state index in [0.717, 1.165) is 55.1 Å². The van der Waals surface area contributed by atoms with E-state index in [9.17, 15) is 0 Å². The lowest BCUT2D eigenvalue weighted by Crippen LogP contribution is -2.21. The van der Waals surface area contributed by atoms with Crippen LogP contribution in [0.25, 0.3) is 120 Å². The molecule has 0 aliphatic carbocycles. The highest BCUT2D eigenvalue weighted by atomic mass is 32.1. The quantitative estimate of drug-likeness (QED) is 0.179. The Balaban J connectivity index is 1.09. The molecular formula is C53H36N4OS. The number of benzene rings is 8. The van der Waals surface area contributed by atoms with Crippen LogP contribution in [0.4, 0.5) is 0 Å². The molecule has 0 aliphatic heterocycles. The van der Waals surface area contributed by atoms with E-state index in [2.05, 4.69) is 189 Å². The molecule has 0 saturated heterocycles. The zero-order chi connectivity index (χ0) is 39.4. The SMILES string of the molecule is CC(C)(C)n1c2ccccc2c2c(-c3nc(-c4ccc(-c5cccc6ccccc56)cc4)nc(-c4ccc5oc6ccc7sc8ccccc8c7c6c5c4)n3)cccc21. The van der Waals surface area contributed by atoms with Crippen LogP contribution in [0.5, 0.6) is 0 Å². The number of para-hydroxylation sites is 1. The van der Waals surface area contributed by atoms with E-state index in [0.29, 0.717) is 17.5 Å². The van der Waals surface area contributed by atoms with Crippen LogP contribution in [0.3, 0.4) is 0 Å². The van der Waals surface area contributed by atoms with Crippen molar-refractivity contribution in [3.05, 3.63) is 164 Å². The molecule has 0 bridgehead atoms. The van der Waals surface area contributed by atoms with Crippen LogP contribution in [0.2, 0.25) is 0 Å². The minimum absolute atomic E-state index is 0.150.